The molecule has 118 valence electrons. The van der Waals surface area contributed by atoms with Crippen LogP contribution in [0.4, 0.5) is 0 Å². The number of amides is 1. The van der Waals surface area contributed by atoms with Crippen molar-refractivity contribution < 1.29 is 13.2 Å². The maximum Gasteiger partial charge on any atom is 0.240 e. The van der Waals surface area contributed by atoms with Crippen LogP contribution in [0.1, 0.15) is 32.3 Å². The number of sulfonamides is 1. The summed E-state index contributed by atoms with van der Waals surface area (Å²) < 4.78 is 26.4. The molecule has 0 aromatic heterocycles. The topological polar surface area (TPSA) is 75.3 Å². The van der Waals surface area contributed by atoms with Gasteiger partial charge in [0.1, 0.15) is 0 Å². The Morgan fingerprint density at radius 2 is 1.76 bits per heavy atom. The molecule has 5 nitrogen and oxygen atoms in total. The Morgan fingerprint density at radius 3 is 2.33 bits per heavy atom. The van der Waals surface area contributed by atoms with Crippen LogP contribution < -0.4 is 10.0 Å². The first-order valence-electron chi connectivity index (χ1n) is 7.14. The van der Waals surface area contributed by atoms with Gasteiger partial charge in [-0.25, -0.2) is 13.1 Å². The van der Waals surface area contributed by atoms with Gasteiger partial charge in [0, 0.05) is 19.5 Å². The molecule has 1 amide bonds. The third-order valence-corrected chi connectivity index (χ3v) is 4.50. The van der Waals surface area contributed by atoms with Crippen molar-refractivity contribution >= 4 is 15.9 Å². The van der Waals surface area contributed by atoms with Crippen molar-refractivity contribution in [2.24, 2.45) is 5.92 Å². The lowest BCUT2D eigenvalue weighted by atomic mass is 10.1. The second kappa shape index (κ2) is 8.14. The highest BCUT2D eigenvalue weighted by molar-refractivity contribution is 7.89. The molecule has 0 aliphatic carbocycles. The summed E-state index contributed by atoms with van der Waals surface area (Å²) in [7, 11) is -3.50. The van der Waals surface area contributed by atoms with E-state index < -0.39 is 10.0 Å². The zero-order chi connectivity index (χ0) is 15.9. The van der Waals surface area contributed by atoms with Crippen LogP contribution in [0.25, 0.3) is 0 Å². The molecule has 0 fully saturated rings. The third-order valence-electron chi connectivity index (χ3n) is 3.02. The Morgan fingerprint density at radius 1 is 1.14 bits per heavy atom. The summed E-state index contributed by atoms with van der Waals surface area (Å²) >= 11 is 0. The normalized spacial score (nSPS) is 11.6. The van der Waals surface area contributed by atoms with Gasteiger partial charge >= 0.3 is 0 Å². The minimum Gasteiger partial charge on any atom is -0.355 e. The van der Waals surface area contributed by atoms with E-state index in [1.807, 2.05) is 6.92 Å². The standard InChI is InChI=1S/C15H24N2O3S/c1-12(2)4-9-15(18)16-10-11-17-21(19,20)14-7-5-13(3)6-8-14/h5-8,12,17H,4,9-11H2,1-3H3,(H,16,18). The first-order chi connectivity index (χ1) is 9.81. The SMILES string of the molecule is Cc1ccc(S(=O)(=O)NCCNC(=O)CCC(C)C)cc1. The summed E-state index contributed by atoms with van der Waals surface area (Å²) in [6.07, 6.45) is 1.31. The molecule has 0 heterocycles. The van der Waals surface area contributed by atoms with Crippen molar-refractivity contribution in [3.05, 3.63) is 29.8 Å². The molecule has 0 bridgehead atoms. The van der Waals surface area contributed by atoms with Crippen LogP contribution >= 0.6 is 0 Å². The van der Waals surface area contributed by atoms with E-state index in [1.165, 1.54) is 0 Å². The van der Waals surface area contributed by atoms with E-state index in [0.29, 0.717) is 18.9 Å². The van der Waals surface area contributed by atoms with Crippen LogP contribution in [0.3, 0.4) is 0 Å². The van der Waals surface area contributed by atoms with Crippen LogP contribution in [0.5, 0.6) is 0 Å². The predicted molar refractivity (Wildman–Crippen MR) is 83.4 cm³/mol. The minimum atomic E-state index is -3.50. The highest BCUT2D eigenvalue weighted by Crippen LogP contribution is 2.09. The highest BCUT2D eigenvalue weighted by atomic mass is 32.2. The van der Waals surface area contributed by atoms with E-state index in [4.69, 9.17) is 0 Å². The van der Waals surface area contributed by atoms with Crippen LogP contribution in [-0.4, -0.2) is 27.4 Å². The third kappa shape index (κ3) is 6.73. The van der Waals surface area contributed by atoms with E-state index in [1.54, 1.807) is 24.3 Å². The monoisotopic (exact) mass is 312 g/mol. The largest absolute Gasteiger partial charge is 0.355 e. The molecule has 0 saturated carbocycles. The van der Waals surface area contributed by atoms with Crippen LogP contribution in [0.2, 0.25) is 0 Å². The average Bonchev–Trinajstić information content (AvgIpc) is 2.42. The molecule has 0 unspecified atom stereocenters. The lowest BCUT2D eigenvalue weighted by Crippen LogP contribution is -2.34. The maximum atomic E-state index is 12.0. The molecule has 21 heavy (non-hydrogen) atoms. The smallest absolute Gasteiger partial charge is 0.240 e. The molecular weight excluding hydrogens is 288 g/mol. The lowest BCUT2D eigenvalue weighted by Gasteiger charge is -2.09. The molecule has 0 aliphatic heterocycles. The predicted octanol–water partition coefficient (Wildman–Crippen LogP) is 1.83. The zero-order valence-corrected chi connectivity index (χ0v) is 13.7. The Kier molecular flexibility index (Phi) is 6.84. The summed E-state index contributed by atoms with van der Waals surface area (Å²) in [6, 6.07) is 6.64. The number of aryl methyl sites for hydroxylation is 1. The molecule has 6 heteroatoms. The van der Waals surface area contributed by atoms with Crippen LogP contribution in [0, 0.1) is 12.8 Å². The molecule has 0 radical (unpaired) electrons. The first-order valence-corrected chi connectivity index (χ1v) is 8.62. The van der Waals surface area contributed by atoms with Crippen molar-refractivity contribution in [2.45, 2.75) is 38.5 Å². The molecule has 2 N–H and O–H groups in total. The number of hydrogen-bond acceptors (Lipinski definition) is 3. The first kappa shape index (κ1) is 17.7. The van der Waals surface area contributed by atoms with Crippen molar-refractivity contribution in [1.82, 2.24) is 10.0 Å². The molecule has 0 atom stereocenters. The minimum absolute atomic E-state index is 0.0433. The summed E-state index contributed by atoms with van der Waals surface area (Å²) in [6.45, 7) is 6.49. The van der Waals surface area contributed by atoms with Crippen LogP contribution in [0.15, 0.2) is 29.2 Å². The number of nitrogens with one attached hydrogen (secondary N) is 2. The fourth-order valence-corrected chi connectivity index (χ4v) is 2.73. The van der Waals surface area contributed by atoms with Gasteiger partial charge in [-0.15, -0.1) is 0 Å². The van der Waals surface area contributed by atoms with E-state index in [2.05, 4.69) is 23.9 Å². The van der Waals surface area contributed by atoms with Gasteiger partial charge < -0.3 is 5.32 Å². The van der Waals surface area contributed by atoms with Crippen LogP contribution in [-0.2, 0) is 14.8 Å². The van der Waals surface area contributed by atoms with Crippen molar-refractivity contribution in [1.29, 1.82) is 0 Å². The molecule has 1 aromatic rings. The Bertz CT molecular complexity index is 551. The van der Waals surface area contributed by atoms with E-state index in [-0.39, 0.29) is 17.3 Å². The van der Waals surface area contributed by atoms with Gasteiger partial charge in [-0.05, 0) is 31.4 Å². The van der Waals surface area contributed by atoms with Gasteiger partial charge in [0.25, 0.3) is 0 Å². The van der Waals surface area contributed by atoms with Gasteiger partial charge in [0.2, 0.25) is 15.9 Å². The number of rotatable bonds is 8. The highest BCUT2D eigenvalue weighted by Gasteiger charge is 2.12. The van der Waals surface area contributed by atoms with E-state index in [9.17, 15) is 13.2 Å². The summed E-state index contributed by atoms with van der Waals surface area (Å²) in [5, 5.41) is 2.71. The molecular formula is C15H24N2O3S. The van der Waals surface area contributed by atoms with Gasteiger partial charge in [0.15, 0.2) is 0 Å². The second-order valence-corrected chi connectivity index (χ2v) is 7.26. The summed E-state index contributed by atoms with van der Waals surface area (Å²) in [5.41, 5.74) is 1.01. The lowest BCUT2D eigenvalue weighted by molar-refractivity contribution is -0.121. The molecule has 0 aliphatic rings. The molecule has 0 saturated heterocycles. The Balaban J connectivity index is 2.34. The Labute approximate surface area is 127 Å². The molecule has 1 rings (SSSR count). The number of carbonyl (C=O) groups excluding carboxylic acids is 1. The van der Waals surface area contributed by atoms with E-state index in [0.717, 1.165) is 12.0 Å². The van der Waals surface area contributed by atoms with Gasteiger partial charge in [-0.2, -0.15) is 0 Å². The van der Waals surface area contributed by atoms with Gasteiger partial charge in [-0.1, -0.05) is 31.5 Å². The molecule has 1 aromatic carbocycles. The quantitative estimate of drug-likeness (QED) is 0.719. The molecule has 0 spiro atoms. The number of hydrogen-bond donors (Lipinski definition) is 2. The Hall–Kier alpha value is -1.40. The number of benzene rings is 1. The average molecular weight is 312 g/mol. The van der Waals surface area contributed by atoms with Gasteiger partial charge in [-0.3, -0.25) is 4.79 Å². The van der Waals surface area contributed by atoms with Crippen molar-refractivity contribution in [3.8, 4) is 0 Å². The summed E-state index contributed by atoms with van der Waals surface area (Å²) in [4.78, 5) is 11.7. The van der Waals surface area contributed by atoms with Crippen molar-refractivity contribution in [2.75, 3.05) is 13.1 Å². The van der Waals surface area contributed by atoms with Crippen molar-refractivity contribution in [3.63, 3.8) is 0 Å². The zero-order valence-electron chi connectivity index (χ0n) is 12.8. The summed E-state index contributed by atoms with van der Waals surface area (Å²) in [5.74, 6) is 0.439. The maximum absolute atomic E-state index is 12.0. The number of carbonyl (C=O) groups is 1. The fraction of sp³-hybridized carbons (Fsp3) is 0.533. The van der Waals surface area contributed by atoms with E-state index >= 15 is 0 Å². The fourth-order valence-electron chi connectivity index (χ4n) is 1.70. The van der Waals surface area contributed by atoms with Gasteiger partial charge in [0.05, 0.1) is 4.90 Å². The second-order valence-electron chi connectivity index (χ2n) is 5.49.